The molecule has 0 N–H and O–H groups in total. The smallest absolute Gasteiger partial charge is 0.181 e. The van der Waals surface area contributed by atoms with Crippen LogP contribution < -0.4 is 0 Å². The van der Waals surface area contributed by atoms with Crippen molar-refractivity contribution in [1.29, 1.82) is 0 Å². The van der Waals surface area contributed by atoms with Crippen LogP contribution >= 0.6 is 0 Å². The fourth-order valence-corrected chi connectivity index (χ4v) is 2.88. The first-order chi connectivity index (χ1) is 8.68. The van der Waals surface area contributed by atoms with Gasteiger partial charge in [-0.15, -0.1) is 0 Å². The molecule has 1 fully saturated rings. The monoisotopic (exact) mass is 248 g/mol. The van der Waals surface area contributed by atoms with Crippen LogP contribution in [0.5, 0.6) is 0 Å². The van der Waals surface area contributed by atoms with Gasteiger partial charge < -0.3 is 0 Å². The number of aromatic nitrogens is 2. The molecule has 0 radical (unpaired) electrons. The zero-order chi connectivity index (χ0) is 13.0. The van der Waals surface area contributed by atoms with Crippen LogP contribution in [0.1, 0.15) is 75.3 Å². The maximum Gasteiger partial charge on any atom is 0.181 e. The van der Waals surface area contributed by atoms with E-state index in [2.05, 4.69) is 18.9 Å². The molecule has 3 heteroatoms. The van der Waals surface area contributed by atoms with E-state index >= 15 is 0 Å². The topological polar surface area (TPSA) is 34.9 Å². The average Bonchev–Trinajstić information content (AvgIpc) is 2.70. The Morgan fingerprint density at radius 3 is 2.61 bits per heavy atom. The molecule has 0 aliphatic heterocycles. The highest BCUT2D eigenvalue weighted by atomic mass is 16.1. The Kier molecular flexibility index (Phi) is 4.56. The van der Waals surface area contributed by atoms with Crippen molar-refractivity contribution in [3.63, 3.8) is 0 Å². The second kappa shape index (κ2) is 6.17. The number of hydrogen-bond donors (Lipinski definition) is 0. The third-order valence-electron chi connectivity index (χ3n) is 3.89. The van der Waals surface area contributed by atoms with Crippen molar-refractivity contribution in [2.75, 3.05) is 0 Å². The van der Waals surface area contributed by atoms with Gasteiger partial charge in [-0.25, -0.2) is 0 Å². The standard InChI is InChI=1S/C15H24N2O/c1-12(2)17-14(9-10-16-17)15(18)11-13-7-5-3-4-6-8-13/h9-10,12-13H,3-8,11H2,1-2H3. The number of nitrogens with zero attached hydrogens (tertiary/aromatic N) is 2. The molecule has 2 rings (SSSR count). The van der Waals surface area contributed by atoms with Crippen molar-refractivity contribution >= 4 is 5.78 Å². The summed E-state index contributed by atoms with van der Waals surface area (Å²) in [6, 6.07) is 2.12. The molecule has 0 bridgehead atoms. The van der Waals surface area contributed by atoms with E-state index < -0.39 is 0 Å². The molecule has 3 nitrogen and oxygen atoms in total. The Labute approximate surface area is 110 Å². The van der Waals surface area contributed by atoms with Crippen LogP contribution in [0, 0.1) is 5.92 Å². The summed E-state index contributed by atoms with van der Waals surface area (Å²) in [6.45, 7) is 4.13. The quantitative estimate of drug-likeness (QED) is 0.596. The van der Waals surface area contributed by atoms with Crippen LogP contribution in [0.3, 0.4) is 0 Å². The predicted octanol–water partition coefficient (Wildman–Crippen LogP) is 4.01. The number of rotatable bonds is 4. The lowest BCUT2D eigenvalue weighted by Gasteiger charge is -2.14. The average molecular weight is 248 g/mol. The lowest BCUT2D eigenvalue weighted by molar-refractivity contribution is 0.0944. The van der Waals surface area contributed by atoms with Crippen LogP contribution in [0.15, 0.2) is 12.3 Å². The Morgan fingerprint density at radius 1 is 1.33 bits per heavy atom. The van der Waals surface area contributed by atoms with Gasteiger partial charge in [0.05, 0.1) is 0 Å². The van der Waals surface area contributed by atoms with Gasteiger partial charge in [-0.05, 0) is 25.8 Å². The molecule has 18 heavy (non-hydrogen) atoms. The largest absolute Gasteiger partial charge is 0.292 e. The Morgan fingerprint density at radius 2 is 2.00 bits per heavy atom. The number of hydrogen-bond acceptors (Lipinski definition) is 2. The fourth-order valence-electron chi connectivity index (χ4n) is 2.88. The molecule has 0 spiro atoms. The minimum Gasteiger partial charge on any atom is -0.292 e. The molecule has 0 aromatic carbocycles. The summed E-state index contributed by atoms with van der Waals surface area (Å²) < 4.78 is 1.85. The van der Waals surface area contributed by atoms with Crippen molar-refractivity contribution in [1.82, 2.24) is 9.78 Å². The zero-order valence-electron chi connectivity index (χ0n) is 11.6. The number of ketones is 1. The van der Waals surface area contributed by atoms with Gasteiger partial charge in [-0.2, -0.15) is 5.10 Å². The molecule has 100 valence electrons. The van der Waals surface area contributed by atoms with E-state index in [1.807, 2.05) is 10.7 Å². The van der Waals surface area contributed by atoms with E-state index in [0.717, 1.165) is 5.69 Å². The second-order valence-electron chi connectivity index (χ2n) is 5.74. The number of carbonyl (C=O) groups is 1. The van der Waals surface area contributed by atoms with Crippen LogP contribution in [0.25, 0.3) is 0 Å². The number of Topliss-reactive ketones (excluding diaryl/α,β-unsaturated/α-hetero) is 1. The Bertz CT molecular complexity index is 387. The van der Waals surface area contributed by atoms with Crippen LogP contribution in [0.4, 0.5) is 0 Å². The molecule has 1 heterocycles. The fraction of sp³-hybridized carbons (Fsp3) is 0.733. The summed E-state index contributed by atoms with van der Waals surface area (Å²) in [4.78, 5) is 12.4. The minimum atomic E-state index is 0.257. The van der Waals surface area contributed by atoms with E-state index in [4.69, 9.17) is 0 Å². The summed E-state index contributed by atoms with van der Waals surface area (Å²) in [6.07, 6.45) is 10.2. The highest BCUT2D eigenvalue weighted by Gasteiger charge is 2.20. The normalized spacial score (nSPS) is 17.9. The zero-order valence-corrected chi connectivity index (χ0v) is 11.6. The highest BCUT2D eigenvalue weighted by molar-refractivity contribution is 5.94. The van der Waals surface area contributed by atoms with Crippen molar-refractivity contribution in [3.05, 3.63) is 18.0 Å². The lowest BCUT2D eigenvalue weighted by Crippen LogP contribution is -2.15. The molecule has 0 atom stereocenters. The van der Waals surface area contributed by atoms with Gasteiger partial charge in [0.15, 0.2) is 5.78 Å². The highest BCUT2D eigenvalue weighted by Crippen LogP contribution is 2.26. The van der Waals surface area contributed by atoms with E-state index in [1.54, 1.807) is 6.20 Å². The van der Waals surface area contributed by atoms with Gasteiger partial charge in [-0.1, -0.05) is 38.5 Å². The molecule has 0 saturated heterocycles. The molecular formula is C15H24N2O. The molecule has 1 aromatic rings. The molecule has 1 aromatic heterocycles. The first-order valence-electron chi connectivity index (χ1n) is 7.25. The summed E-state index contributed by atoms with van der Waals surface area (Å²) in [5.74, 6) is 0.864. The van der Waals surface area contributed by atoms with E-state index in [0.29, 0.717) is 12.3 Å². The molecule has 0 amide bonds. The van der Waals surface area contributed by atoms with Crippen molar-refractivity contribution in [2.24, 2.45) is 5.92 Å². The minimum absolute atomic E-state index is 0.257. The van der Waals surface area contributed by atoms with Gasteiger partial charge in [0, 0.05) is 18.7 Å². The Hall–Kier alpha value is -1.12. The lowest BCUT2D eigenvalue weighted by atomic mass is 9.93. The molecule has 1 saturated carbocycles. The van der Waals surface area contributed by atoms with Crippen molar-refractivity contribution in [2.45, 2.75) is 64.8 Å². The maximum absolute atomic E-state index is 12.4. The summed E-state index contributed by atoms with van der Waals surface area (Å²) >= 11 is 0. The second-order valence-corrected chi connectivity index (χ2v) is 5.74. The van der Waals surface area contributed by atoms with Gasteiger partial charge in [0.25, 0.3) is 0 Å². The van der Waals surface area contributed by atoms with E-state index in [1.165, 1.54) is 38.5 Å². The maximum atomic E-state index is 12.4. The summed E-state index contributed by atoms with van der Waals surface area (Å²) in [5, 5.41) is 4.24. The van der Waals surface area contributed by atoms with Crippen LogP contribution in [-0.2, 0) is 0 Å². The molecular weight excluding hydrogens is 224 g/mol. The number of carbonyl (C=O) groups excluding carboxylic acids is 1. The van der Waals surface area contributed by atoms with Crippen molar-refractivity contribution in [3.8, 4) is 0 Å². The van der Waals surface area contributed by atoms with Crippen LogP contribution in [0.2, 0.25) is 0 Å². The van der Waals surface area contributed by atoms with Gasteiger partial charge in [-0.3, -0.25) is 9.48 Å². The first kappa shape index (κ1) is 13.3. The van der Waals surface area contributed by atoms with Gasteiger partial charge in [0.1, 0.15) is 5.69 Å². The third kappa shape index (κ3) is 3.21. The van der Waals surface area contributed by atoms with E-state index in [-0.39, 0.29) is 11.8 Å². The van der Waals surface area contributed by atoms with Gasteiger partial charge in [0.2, 0.25) is 0 Å². The summed E-state index contributed by atoms with van der Waals surface area (Å²) in [7, 11) is 0. The van der Waals surface area contributed by atoms with Crippen LogP contribution in [-0.4, -0.2) is 15.6 Å². The molecule has 0 unspecified atom stereocenters. The molecule has 1 aliphatic rings. The predicted molar refractivity (Wildman–Crippen MR) is 72.8 cm³/mol. The first-order valence-corrected chi connectivity index (χ1v) is 7.25. The third-order valence-corrected chi connectivity index (χ3v) is 3.89. The van der Waals surface area contributed by atoms with E-state index in [9.17, 15) is 4.79 Å². The van der Waals surface area contributed by atoms with Gasteiger partial charge >= 0.3 is 0 Å². The SMILES string of the molecule is CC(C)n1nccc1C(=O)CC1CCCCCC1. The molecule has 1 aliphatic carbocycles. The Balaban J connectivity index is 2.00. The summed E-state index contributed by atoms with van der Waals surface area (Å²) in [5.41, 5.74) is 0.786. The van der Waals surface area contributed by atoms with Crippen molar-refractivity contribution < 1.29 is 4.79 Å².